The lowest BCUT2D eigenvalue weighted by Gasteiger charge is -2.20. The highest BCUT2D eigenvalue weighted by Crippen LogP contribution is 2.36. The molecule has 6 nitrogen and oxygen atoms in total. The van der Waals surface area contributed by atoms with Crippen molar-refractivity contribution < 1.29 is 19.1 Å². The third kappa shape index (κ3) is 2.99. The van der Waals surface area contributed by atoms with Crippen LogP contribution in [0.5, 0.6) is 17.2 Å². The van der Waals surface area contributed by atoms with Crippen LogP contribution in [-0.2, 0) is 6.61 Å². The second-order valence-electron chi connectivity index (χ2n) is 4.60. The van der Waals surface area contributed by atoms with Gasteiger partial charge in [0.2, 0.25) is 0 Å². The van der Waals surface area contributed by atoms with Gasteiger partial charge in [0.1, 0.15) is 19.8 Å². The van der Waals surface area contributed by atoms with Crippen LogP contribution in [-0.4, -0.2) is 18.1 Å². The SMILES string of the molecule is O=[N+]([O-])c1ccccc1OCc1cc2c(cc1Br)OCCO2. The lowest BCUT2D eigenvalue weighted by Crippen LogP contribution is -2.15. The van der Waals surface area contributed by atoms with Gasteiger partial charge in [0.05, 0.1) is 4.92 Å². The van der Waals surface area contributed by atoms with Gasteiger partial charge in [0.25, 0.3) is 0 Å². The van der Waals surface area contributed by atoms with Crippen LogP contribution in [0.2, 0.25) is 0 Å². The molecule has 2 aromatic carbocycles. The van der Waals surface area contributed by atoms with Crippen molar-refractivity contribution in [1.29, 1.82) is 0 Å². The fourth-order valence-corrected chi connectivity index (χ4v) is 2.54. The summed E-state index contributed by atoms with van der Waals surface area (Å²) in [5, 5.41) is 11.0. The standard InChI is InChI=1S/C15H12BrNO5/c16-11-8-15-14(20-5-6-21-15)7-10(11)9-22-13-4-2-1-3-12(13)17(18)19/h1-4,7-8H,5-6,9H2. The quantitative estimate of drug-likeness (QED) is 0.610. The van der Waals surface area contributed by atoms with Crippen LogP contribution < -0.4 is 14.2 Å². The number of fused-ring (bicyclic) bond motifs is 1. The highest BCUT2D eigenvalue weighted by Gasteiger charge is 2.17. The summed E-state index contributed by atoms with van der Waals surface area (Å²) in [6.07, 6.45) is 0. The van der Waals surface area contributed by atoms with E-state index in [1.807, 2.05) is 12.1 Å². The fraction of sp³-hybridized carbons (Fsp3) is 0.200. The van der Waals surface area contributed by atoms with Crippen molar-refractivity contribution >= 4 is 21.6 Å². The van der Waals surface area contributed by atoms with Crippen LogP contribution in [0.25, 0.3) is 0 Å². The zero-order valence-corrected chi connectivity index (χ0v) is 13.0. The van der Waals surface area contributed by atoms with Gasteiger partial charge in [-0.05, 0) is 18.2 Å². The van der Waals surface area contributed by atoms with Gasteiger partial charge in [0, 0.05) is 16.1 Å². The molecule has 2 aromatic rings. The Labute approximate surface area is 134 Å². The molecular weight excluding hydrogens is 354 g/mol. The minimum atomic E-state index is -0.464. The third-order valence-electron chi connectivity index (χ3n) is 3.16. The van der Waals surface area contributed by atoms with E-state index in [9.17, 15) is 10.1 Å². The average Bonchev–Trinajstić information content (AvgIpc) is 2.53. The average molecular weight is 366 g/mol. The first kappa shape index (κ1) is 14.6. The molecule has 0 atom stereocenters. The largest absolute Gasteiger partial charge is 0.486 e. The van der Waals surface area contributed by atoms with Crippen molar-refractivity contribution in [3.8, 4) is 17.2 Å². The van der Waals surface area contributed by atoms with E-state index < -0.39 is 4.92 Å². The van der Waals surface area contributed by atoms with Gasteiger partial charge in [-0.2, -0.15) is 0 Å². The van der Waals surface area contributed by atoms with Gasteiger partial charge in [-0.3, -0.25) is 10.1 Å². The summed E-state index contributed by atoms with van der Waals surface area (Å²) < 4.78 is 17.4. The minimum absolute atomic E-state index is 0.0591. The van der Waals surface area contributed by atoms with Crippen LogP contribution >= 0.6 is 15.9 Å². The summed E-state index contributed by atoms with van der Waals surface area (Å²) in [6.45, 7) is 1.20. The molecule has 0 N–H and O–H groups in total. The number of para-hydroxylation sites is 2. The van der Waals surface area contributed by atoms with E-state index in [4.69, 9.17) is 14.2 Å². The first-order valence-electron chi connectivity index (χ1n) is 6.59. The molecule has 7 heteroatoms. The first-order chi connectivity index (χ1) is 10.6. The number of hydrogen-bond donors (Lipinski definition) is 0. The Balaban J connectivity index is 1.81. The molecule has 114 valence electrons. The van der Waals surface area contributed by atoms with E-state index in [0.29, 0.717) is 24.7 Å². The lowest BCUT2D eigenvalue weighted by molar-refractivity contribution is -0.385. The maximum atomic E-state index is 11.0. The highest BCUT2D eigenvalue weighted by atomic mass is 79.9. The van der Waals surface area contributed by atoms with Crippen molar-refractivity contribution in [2.24, 2.45) is 0 Å². The Morgan fingerprint density at radius 1 is 1.18 bits per heavy atom. The van der Waals surface area contributed by atoms with Crippen molar-refractivity contribution in [3.63, 3.8) is 0 Å². The molecule has 3 rings (SSSR count). The second kappa shape index (κ2) is 6.23. The Hall–Kier alpha value is -2.28. The van der Waals surface area contributed by atoms with Crippen LogP contribution in [0.3, 0.4) is 0 Å². The molecule has 1 heterocycles. The molecule has 1 aliphatic heterocycles. The second-order valence-corrected chi connectivity index (χ2v) is 5.46. The molecular formula is C15H12BrNO5. The number of nitrogens with zero attached hydrogens (tertiary/aromatic N) is 1. The van der Waals surface area contributed by atoms with E-state index >= 15 is 0 Å². The number of ether oxygens (including phenoxy) is 3. The van der Waals surface area contributed by atoms with Crippen molar-refractivity contribution in [3.05, 3.63) is 56.5 Å². The molecule has 0 unspecified atom stereocenters. The summed E-state index contributed by atoms with van der Waals surface area (Å²) >= 11 is 3.45. The van der Waals surface area contributed by atoms with Crippen LogP contribution in [0.1, 0.15) is 5.56 Å². The zero-order valence-electron chi connectivity index (χ0n) is 11.5. The lowest BCUT2D eigenvalue weighted by atomic mass is 10.2. The summed E-state index contributed by atoms with van der Waals surface area (Å²) in [4.78, 5) is 10.5. The summed E-state index contributed by atoms with van der Waals surface area (Å²) in [5.41, 5.74) is 0.763. The normalized spacial score (nSPS) is 12.8. The van der Waals surface area contributed by atoms with Crippen LogP contribution in [0, 0.1) is 10.1 Å². The van der Waals surface area contributed by atoms with E-state index in [-0.39, 0.29) is 18.0 Å². The van der Waals surface area contributed by atoms with Gasteiger partial charge < -0.3 is 14.2 Å². The Kier molecular flexibility index (Phi) is 4.15. The van der Waals surface area contributed by atoms with E-state index in [2.05, 4.69) is 15.9 Å². The van der Waals surface area contributed by atoms with E-state index in [1.165, 1.54) is 6.07 Å². The minimum Gasteiger partial charge on any atom is -0.486 e. The first-order valence-corrected chi connectivity index (χ1v) is 7.38. The van der Waals surface area contributed by atoms with Gasteiger partial charge in [-0.25, -0.2) is 0 Å². The molecule has 0 saturated carbocycles. The summed E-state index contributed by atoms with van der Waals surface area (Å²) in [7, 11) is 0. The number of nitro groups is 1. The molecule has 0 aliphatic carbocycles. The Bertz CT molecular complexity index is 719. The summed E-state index contributed by atoms with van der Waals surface area (Å²) in [6, 6.07) is 9.91. The molecule has 0 aromatic heterocycles. The van der Waals surface area contributed by atoms with E-state index in [1.54, 1.807) is 18.2 Å². The molecule has 0 fully saturated rings. The fourth-order valence-electron chi connectivity index (χ4n) is 2.10. The molecule has 0 saturated heterocycles. The van der Waals surface area contributed by atoms with Gasteiger partial charge in [0.15, 0.2) is 17.2 Å². The molecule has 0 spiro atoms. The maximum absolute atomic E-state index is 11.0. The third-order valence-corrected chi connectivity index (χ3v) is 3.89. The molecule has 1 aliphatic rings. The monoisotopic (exact) mass is 365 g/mol. The Morgan fingerprint density at radius 2 is 1.86 bits per heavy atom. The highest BCUT2D eigenvalue weighted by molar-refractivity contribution is 9.10. The van der Waals surface area contributed by atoms with Crippen molar-refractivity contribution in [2.75, 3.05) is 13.2 Å². The number of halogens is 1. The van der Waals surface area contributed by atoms with E-state index in [0.717, 1.165) is 10.0 Å². The van der Waals surface area contributed by atoms with Gasteiger partial charge in [-0.1, -0.05) is 28.1 Å². The molecule has 0 radical (unpaired) electrons. The topological polar surface area (TPSA) is 70.8 Å². The van der Waals surface area contributed by atoms with Crippen molar-refractivity contribution in [2.45, 2.75) is 6.61 Å². The number of nitro benzene ring substituents is 1. The predicted octanol–water partition coefficient (Wildman–Crippen LogP) is 3.71. The van der Waals surface area contributed by atoms with Crippen LogP contribution in [0.15, 0.2) is 40.9 Å². The number of rotatable bonds is 4. The smallest absolute Gasteiger partial charge is 0.310 e. The predicted molar refractivity (Wildman–Crippen MR) is 82.6 cm³/mol. The molecule has 0 bridgehead atoms. The Morgan fingerprint density at radius 3 is 2.59 bits per heavy atom. The van der Waals surface area contributed by atoms with Crippen LogP contribution in [0.4, 0.5) is 5.69 Å². The molecule has 22 heavy (non-hydrogen) atoms. The van der Waals surface area contributed by atoms with Crippen molar-refractivity contribution in [1.82, 2.24) is 0 Å². The summed E-state index contributed by atoms with van der Waals surface area (Å²) in [5.74, 6) is 1.55. The number of benzene rings is 2. The zero-order chi connectivity index (χ0) is 15.5. The van der Waals surface area contributed by atoms with Gasteiger partial charge in [-0.15, -0.1) is 0 Å². The van der Waals surface area contributed by atoms with Gasteiger partial charge >= 0.3 is 5.69 Å². The number of hydrogen-bond acceptors (Lipinski definition) is 5. The molecule has 0 amide bonds. The maximum Gasteiger partial charge on any atom is 0.310 e.